The van der Waals surface area contributed by atoms with Crippen molar-refractivity contribution >= 4 is 15.7 Å². The molecule has 0 aliphatic heterocycles. The molecule has 1 amide bonds. The summed E-state index contributed by atoms with van der Waals surface area (Å²) in [6, 6.07) is 8.76. The van der Waals surface area contributed by atoms with E-state index >= 15 is 0 Å². The minimum Gasteiger partial charge on any atom is -0.349 e. The molecule has 0 heterocycles. The van der Waals surface area contributed by atoms with E-state index in [1.54, 1.807) is 19.1 Å². The largest absolute Gasteiger partial charge is 0.349 e. The third kappa shape index (κ3) is 5.09. The minimum absolute atomic E-state index is 0.135. The third-order valence-electron chi connectivity index (χ3n) is 3.78. The van der Waals surface area contributed by atoms with Gasteiger partial charge in [0.2, 0.25) is 5.91 Å². The van der Waals surface area contributed by atoms with E-state index in [1.165, 1.54) is 18.2 Å². The van der Waals surface area contributed by atoms with E-state index in [9.17, 15) is 22.0 Å². The molecule has 2 rings (SSSR count). The molecule has 0 aliphatic rings. The summed E-state index contributed by atoms with van der Waals surface area (Å²) in [7, 11) is -3.57. The van der Waals surface area contributed by atoms with Crippen molar-refractivity contribution < 1.29 is 22.0 Å². The average molecular weight is 367 g/mol. The van der Waals surface area contributed by atoms with Crippen molar-refractivity contribution in [1.82, 2.24) is 5.32 Å². The van der Waals surface area contributed by atoms with E-state index in [2.05, 4.69) is 5.32 Å². The summed E-state index contributed by atoms with van der Waals surface area (Å²) in [4.78, 5) is 12.1. The predicted molar refractivity (Wildman–Crippen MR) is 90.8 cm³/mol. The van der Waals surface area contributed by atoms with Crippen molar-refractivity contribution in [2.75, 3.05) is 5.75 Å². The molecule has 0 bridgehead atoms. The quantitative estimate of drug-likeness (QED) is 0.852. The van der Waals surface area contributed by atoms with Crippen LogP contribution in [0, 0.1) is 18.6 Å². The fraction of sp³-hybridized carbons (Fsp3) is 0.278. The molecule has 0 saturated carbocycles. The van der Waals surface area contributed by atoms with Gasteiger partial charge in [-0.1, -0.05) is 23.8 Å². The van der Waals surface area contributed by atoms with Crippen LogP contribution in [0.15, 0.2) is 47.4 Å². The zero-order valence-electron chi connectivity index (χ0n) is 13.9. The Labute approximate surface area is 145 Å². The molecule has 0 saturated heterocycles. The van der Waals surface area contributed by atoms with Crippen LogP contribution in [-0.4, -0.2) is 20.1 Å². The van der Waals surface area contributed by atoms with Crippen LogP contribution in [-0.2, 0) is 14.6 Å². The molecule has 0 aliphatic carbocycles. The summed E-state index contributed by atoms with van der Waals surface area (Å²) in [5.74, 6) is -2.34. The Morgan fingerprint density at radius 2 is 1.76 bits per heavy atom. The number of carbonyl (C=O) groups is 1. The van der Waals surface area contributed by atoms with Crippen molar-refractivity contribution in [3.05, 3.63) is 65.2 Å². The summed E-state index contributed by atoms with van der Waals surface area (Å²) in [6.07, 6.45) is -0.247. The molecule has 0 radical (unpaired) electrons. The first kappa shape index (κ1) is 19.1. The average Bonchev–Trinajstić information content (AvgIpc) is 2.53. The lowest BCUT2D eigenvalue weighted by molar-refractivity contribution is -0.121. The van der Waals surface area contributed by atoms with Crippen molar-refractivity contribution in [2.45, 2.75) is 31.2 Å². The van der Waals surface area contributed by atoms with Crippen LogP contribution in [0.1, 0.15) is 30.5 Å². The number of sulfone groups is 1. The first-order valence-corrected chi connectivity index (χ1v) is 9.38. The van der Waals surface area contributed by atoms with Crippen LogP contribution in [0.4, 0.5) is 8.78 Å². The molecule has 0 spiro atoms. The number of carbonyl (C=O) groups excluding carboxylic acids is 1. The smallest absolute Gasteiger partial charge is 0.221 e. The summed E-state index contributed by atoms with van der Waals surface area (Å²) in [5.41, 5.74) is 1.07. The number of benzene rings is 2. The number of hydrogen-bond donors (Lipinski definition) is 1. The molecular formula is C18H19F2NO3S. The molecule has 1 unspecified atom stereocenters. The molecule has 1 N–H and O–H groups in total. The standard InChI is InChI=1S/C18H19F2NO3S/c1-12-3-6-15(7-4-12)25(23,24)10-9-18(22)21-13(2)16-8-5-14(19)11-17(16)20/h3-8,11,13H,9-10H2,1-2H3,(H,21,22). The van der Waals surface area contributed by atoms with Gasteiger partial charge in [-0.25, -0.2) is 17.2 Å². The van der Waals surface area contributed by atoms with Gasteiger partial charge in [0, 0.05) is 18.1 Å². The van der Waals surface area contributed by atoms with Gasteiger partial charge in [-0.3, -0.25) is 4.79 Å². The van der Waals surface area contributed by atoms with Crippen molar-refractivity contribution in [2.24, 2.45) is 0 Å². The number of nitrogens with one attached hydrogen (secondary N) is 1. The fourth-order valence-electron chi connectivity index (χ4n) is 2.33. The first-order chi connectivity index (χ1) is 11.7. The van der Waals surface area contributed by atoms with Crippen molar-refractivity contribution in [3.8, 4) is 0 Å². The van der Waals surface area contributed by atoms with Crippen LogP contribution in [0.2, 0.25) is 0 Å². The van der Waals surface area contributed by atoms with Crippen molar-refractivity contribution in [3.63, 3.8) is 0 Å². The molecule has 134 valence electrons. The van der Waals surface area contributed by atoms with Crippen LogP contribution < -0.4 is 5.32 Å². The van der Waals surface area contributed by atoms with E-state index in [4.69, 9.17) is 0 Å². The second-order valence-electron chi connectivity index (χ2n) is 5.84. The minimum atomic E-state index is -3.57. The van der Waals surface area contributed by atoms with Crippen LogP contribution in [0.25, 0.3) is 0 Å². The highest BCUT2D eigenvalue weighted by Crippen LogP contribution is 2.18. The molecule has 2 aromatic rings. The maximum absolute atomic E-state index is 13.7. The zero-order chi connectivity index (χ0) is 18.6. The van der Waals surface area contributed by atoms with Gasteiger partial charge in [-0.2, -0.15) is 0 Å². The second-order valence-corrected chi connectivity index (χ2v) is 7.95. The van der Waals surface area contributed by atoms with Gasteiger partial charge in [0.15, 0.2) is 9.84 Å². The summed E-state index contributed by atoms with van der Waals surface area (Å²) in [5, 5.41) is 2.52. The number of halogens is 2. The predicted octanol–water partition coefficient (Wildman–Crippen LogP) is 3.31. The van der Waals surface area contributed by atoms with Gasteiger partial charge in [0.1, 0.15) is 11.6 Å². The Bertz CT molecular complexity index is 864. The number of rotatable bonds is 6. The lowest BCUT2D eigenvalue weighted by Crippen LogP contribution is -2.29. The maximum Gasteiger partial charge on any atom is 0.221 e. The van der Waals surface area contributed by atoms with Crippen molar-refractivity contribution in [1.29, 1.82) is 0 Å². The summed E-state index contributed by atoms with van der Waals surface area (Å²) >= 11 is 0. The third-order valence-corrected chi connectivity index (χ3v) is 5.52. The van der Waals surface area contributed by atoms with E-state index in [0.29, 0.717) is 0 Å². The monoisotopic (exact) mass is 367 g/mol. The Balaban J connectivity index is 1.97. The van der Waals surface area contributed by atoms with Gasteiger partial charge in [0.05, 0.1) is 16.7 Å². The molecule has 4 nitrogen and oxygen atoms in total. The first-order valence-electron chi connectivity index (χ1n) is 7.73. The van der Waals surface area contributed by atoms with Gasteiger partial charge in [0.25, 0.3) is 0 Å². The zero-order valence-corrected chi connectivity index (χ0v) is 14.7. The van der Waals surface area contributed by atoms with E-state index in [0.717, 1.165) is 17.7 Å². The molecule has 2 aromatic carbocycles. The van der Waals surface area contributed by atoms with E-state index in [-0.39, 0.29) is 22.6 Å². The topological polar surface area (TPSA) is 63.2 Å². The normalized spacial score (nSPS) is 12.6. The molecule has 1 atom stereocenters. The second kappa shape index (κ2) is 7.74. The SMILES string of the molecule is Cc1ccc(S(=O)(=O)CCC(=O)NC(C)c2ccc(F)cc2F)cc1. The Kier molecular flexibility index (Phi) is 5.89. The van der Waals surface area contributed by atoms with Gasteiger partial charge < -0.3 is 5.32 Å². The highest BCUT2D eigenvalue weighted by atomic mass is 32.2. The molecular weight excluding hydrogens is 348 g/mol. The molecule has 0 aromatic heterocycles. The Morgan fingerprint density at radius 3 is 2.36 bits per heavy atom. The molecule has 0 fully saturated rings. The van der Waals surface area contributed by atoms with Crippen LogP contribution in [0.3, 0.4) is 0 Å². The Hall–Kier alpha value is -2.28. The lowest BCUT2D eigenvalue weighted by Gasteiger charge is -2.15. The highest BCUT2D eigenvalue weighted by Gasteiger charge is 2.18. The summed E-state index contributed by atoms with van der Waals surface area (Å²) < 4.78 is 51.0. The maximum atomic E-state index is 13.7. The van der Waals surface area contributed by atoms with E-state index < -0.39 is 33.4 Å². The van der Waals surface area contributed by atoms with Crippen LogP contribution in [0.5, 0.6) is 0 Å². The summed E-state index contributed by atoms with van der Waals surface area (Å²) in [6.45, 7) is 3.39. The number of amides is 1. The Morgan fingerprint density at radius 1 is 1.12 bits per heavy atom. The highest BCUT2D eigenvalue weighted by molar-refractivity contribution is 7.91. The van der Waals surface area contributed by atoms with E-state index in [1.807, 2.05) is 6.92 Å². The fourth-order valence-corrected chi connectivity index (χ4v) is 3.58. The number of aryl methyl sites for hydroxylation is 1. The van der Waals surface area contributed by atoms with Gasteiger partial charge in [-0.15, -0.1) is 0 Å². The number of hydrogen-bond acceptors (Lipinski definition) is 3. The molecule has 7 heteroatoms. The van der Waals surface area contributed by atoms with Gasteiger partial charge >= 0.3 is 0 Å². The van der Waals surface area contributed by atoms with Crippen LogP contribution >= 0.6 is 0 Å². The molecule has 25 heavy (non-hydrogen) atoms. The lowest BCUT2D eigenvalue weighted by atomic mass is 10.1. The van der Waals surface area contributed by atoms with Gasteiger partial charge in [-0.05, 0) is 32.0 Å².